The van der Waals surface area contributed by atoms with Gasteiger partial charge < -0.3 is 14.4 Å². The molecule has 0 aromatic carbocycles. The molecule has 0 saturated heterocycles. The normalized spacial score (nSPS) is 25.6. The van der Waals surface area contributed by atoms with E-state index in [2.05, 4.69) is 27.9 Å². The fourth-order valence-electron chi connectivity index (χ4n) is 1.80. The zero-order valence-corrected chi connectivity index (χ0v) is 11.3. The molecule has 0 aromatic rings. The largest absolute Gasteiger partial charge is 0.382 e. The van der Waals surface area contributed by atoms with Gasteiger partial charge in [-0.3, -0.25) is 0 Å². The Labute approximate surface area is 101 Å². The molecule has 3 nitrogen and oxygen atoms in total. The summed E-state index contributed by atoms with van der Waals surface area (Å²) in [7, 11) is 3.87. The standard InChI is InChI=1S/C11H22BrNO2/c1-13(3-4-15-6-5-14-2)9-10-7-11(12)8-10/h10-11H,3-9H2,1-2H3. The fraction of sp³-hybridized carbons (Fsp3) is 1.00. The van der Waals surface area contributed by atoms with Crippen LogP contribution in [0.1, 0.15) is 12.8 Å². The third-order valence-corrected chi connectivity index (χ3v) is 3.54. The van der Waals surface area contributed by atoms with Crippen molar-refractivity contribution in [2.45, 2.75) is 17.7 Å². The van der Waals surface area contributed by atoms with Crippen LogP contribution in [0.4, 0.5) is 0 Å². The monoisotopic (exact) mass is 279 g/mol. The highest BCUT2D eigenvalue weighted by Gasteiger charge is 2.27. The molecule has 1 saturated carbocycles. The first kappa shape index (κ1) is 13.4. The quantitative estimate of drug-likeness (QED) is 0.499. The van der Waals surface area contributed by atoms with Crippen LogP contribution in [0.25, 0.3) is 0 Å². The summed E-state index contributed by atoms with van der Waals surface area (Å²) >= 11 is 3.61. The van der Waals surface area contributed by atoms with E-state index in [1.807, 2.05) is 0 Å². The molecular weight excluding hydrogens is 258 g/mol. The number of methoxy groups -OCH3 is 1. The van der Waals surface area contributed by atoms with Gasteiger partial charge in [0.2, 0.25) is 0 Å². The van der Waals surface area contributed by atoms with Gasteiger partial charge in [0.05, 0.1) is 19.8 Å². The zero-order valence-electron chi connectivity index (χ0n) is 9.75. The van der Waals surface area contributed by atoms with E-state index in [-0.39, 0.29) is 0 Å². The van der Waals surface area contributed by atoms with Crippen molar-refractivity contribution >= 4 is 15.9 Å². The Balaban J connectivity index is 1.87. The Morgan fingerprint density at radius 1 is 1.27 bits per heavy atom. The van der Waals surface area contributed by atoms with E-state index in [1.165, 1.54) is 19.4 Å². The van der Waals surface area contributed by atoms with E-state index < -0.39 is 0 Å². The molecule has 0 bridgehead atoms. The van der Waals surface area contributed by atoms with Crippen LogP contribution in [-0.4, -0.2) is 56.8 Å². The molecule has 1 fully saturated rings. The first-order valence-electron chi connectivity index (χ1n) is 5.61. The molecule has 0 atom stereocenters. The van der Waals surface area contributed by atoms with Gasteiger partial charge in [0.15, 0.2) is 0 Å². The number of rotatable bonds is 8. The first-order chi connectivity index (χ1) is 7.22. The average Bonchev–Trinajstić information content (AvgIpc) is 2.15. The van der Waals surface area contributed by atoms with Crippen LogP contribution in [0, 0.1) is 5.92 Å². The van der Waals surface area contributed by atoms with E-state index in [9.17, 15) is 0 Å². The van der Waals surface area contributed by atoms with Gasteiger partial charge in [-0.1, -0.05) is 15.9 Å². The van der Waals surface area contributed by atoms with Crippen molar-refractivity contribution in [3.8, 4) is 0 Å². The average molecular weight is 280 g/mol. The number of alkyl halides is 1. The summed E-state index contributed by atoms with van der Waals surface area (Å²) in [4.78, 5) is 3.13. The summed E-state index contributed by atoms with van der Waals surface area (Å²) in [6, 6.07) is 0. The van der Waals surface area contributed by atoms with Crippen LogP contribution in [0.3, 0.4) is 0 Å². The van der Waals surface area contributed by atoms with Crippen LogP contribution in [-0.2, 0) is 9.47 Å². The van der Waals surface area contributed by atoms with Gasteiger partial charge >= 0.3 is 0 Å². The van der Waals surface area contributed by atoms with Crippen molar-refractivity contribution in [2.75, 3.05) is 47.1 Å². The Hall–Kier alpha value is 0.360. The number of hydrogen-bond acceptors (Lipinski definition) is 3. The SMILES string of the molecule is COCCOCCN(C)CC1CC(Br)C1. The lowest BCUT2D eigenvalue weighted by Crippen LogP contribution is -2.36. The highest BCUT2D eigenvalue weighted by atomic mass is 79.9. The molecule has 0 aromatic heterocycles. The maximum absolute atomic E-state index is 5.42. The molecule has 0 heterocycles. The lowest BCUT2D eigenvalue weighted by molar-refractivity contribution is 0.0569. The Morgan fingerprint density at radius 2 is 2.00 bits per heavy atom. The second-order valence-electron chi connectivity index (χ2n) is 4.30. The highest BCUT2D eigenvalue weighted by molar-refractivity contribution is 9.09. The number of nitrogens with zero attached hydrogens (tertiary/aromatic N) is 1. The summed E-state index contributed by atoms with van der Waals surface area (Å²) in [6.45, 7) is 4.43. The minimum absolute atomic E-state index is 0.692. The molecule has 1 aliphatic carbocycles. The lowest BCUT2D eigenvalue weighted by atomic mass is 9.85. The van der Waals surface area contributed by atoms with Gasteiger partial charge in [-0.15, -0.1) is 0 Å². The second-order valence-corrected chi connectivity index (χ2v) is 5.60. The van der Waals surface area contributed by atoms with Gasteiger partial charge in [0, 0.05) is 25.0 Å². The summed E-state index contributed by atoms with van der Waals surface area (Å²) in [5, 5.41) is 0. The molecule has 4 heteroatoms. The van der Waals surface area contributed by atoms with Crippen molar-refractivity contribution in [2.24, 2.45) is 5.92 Å². The number of hydrogen-bond donors (Lipinski definition) is 0. The minimum Gasteiger partial charge on any atom is -0.382 e. The van der Waals surface area contributed by atoms with E-state index >= 15 is 0 Å². The molecule has 0 spiro atoms. The minimum atomic E-state index is 0.692. The summed E-state index contributed by atoms with van der Waals surface area (Å²) < 4.78 is 10.3. The van der Waals surface area contributed by atoms with Crippen molar-refractivity contribution < 1.29 is 9.47 Å². The predicted octanol–water partition coefficient (Wildman–Crippen LogP) is 1.75. The molecule has 90 valence electrons. The van der Waals surface area contributed by atoms with E-state index in [0.29, 0.717) is 13.2 Å². The van der Waals surface area contributed by atoms with Crippen LogP contribution >= 0.6 is 15.9 Å². The molecule has 0 amide bonds. The van der Waals surface area contributed by atoms with Crippen LogP contribution < -0.4 is 0 Å². The first-order valence-corrected chi connectivity index (χ1v) is 6.53. The van der Waals surface area contributed by atoms with Crippen LogP contribution in [0.2, 0.25) is 0 Å². The van der Waals surface area contributed by atoms with E-state index in [4.69, 9.17) is 9.47 Å². The molecule has 1 aliphatic rings. The Morgan fingerprint density at radius 3 is 2.60 bits per heavy atom. The smallest absolute Gasteiger partial charge is 0.0700 e. The fourth-order valence-corrected chi connectivity index (χ4v) is 2.86. The number of halogens is 1. The van der Waals surface area contributed by atoms with Crippen LogP contribution in [0.5, 0.6) is 0 Å². The number of ether oxygens (including phenoxy) is 2. The Kier molecular flexibility index (Phi) is 6.81. The molecule has 15 heavy (non-hydrogen) atoms. The molecular formula is C11H22BrNO2. The van der Waals surface area contributed by atoms with Crippen molar-refractivity contribution in [1.82, 2.24) is 4.90 Å². The Bertz CT molecular complexity index is 163. The maximum atomic E-state index is 5.42. The van der Waals surface area contributed by atoms with E-state index in [1.54, 1.807) is 7.11 Å². The molecule has 1 rings (SSSR count). The number of likely N-dealkylation sites (N-methyl/N-ethyl adjacent to an activating group) is 1. The summed E-state index contributed by atoms with van der Waals surface area (Å²) in [5.41, 5.74) is 0. The highest BCUT2D eigenvalue weighted by Crippen LogP contribution is 2.33. The third kappa shape index (κ3) is 5.85. The molecule has 0 radical (unpaired) electrons. The van der Waals surface area contributed by atoms with E-state index in [0.717, 1.165) is 23.9 Å². The van der Waals surface area contributed by atoms with Crippen LogP contribution in [0.15, 0.2) is 0 Å². The van der Waals surface area contributed by atoms with Gasteiger partial charge in [0.1, 0.15) is 0 Å². The molecule has 0 unspecified atom stereocenters. The molecule has 0 aliphatic heterocycles. The van der Waals surface area contributed by atoms with Gasteiger partial charge in [-0.05, 0) is 25.8 Å². The van der Waals surface area contributed by atoms with Crippen molar-refractivity contribution in [3.05, 3.63) is 0 Å². The maximum Gasteiger partial charge on any atom is 0.0700 e. The predicted molar refractivity (Wildman–Crippen MR) is 65.6 cm³/mol. The third-order valence-electron chi connectivity index (χ3n) is 2.80. The summed E-state index contributed by atoms with van der Waals surface area (Å²) in [6.07, 6.45) is 2.66. The van der Waals surface area contributed by atoms with Gasteiger partial charge in [-0.25, -0.2) is 0 Å². The van der Waals surface area contributed by atoms with Crippen molar-refractivity contribution in [3.63, 3.8) is 0 Å². The van der Waals surface area contributed by atoms with Gasteiger partial charge in [0.25, 0.3) is 0 Å². The second kappa shape index (κ2) is 7.60. The molecule has 0 N–H and O–H groups in total. The summed E-state index contributed by atoms with van der Waals surface area (Å²) in [5.74, 6) is 0.887. The lowest BCUT2D eigenvalue weighted by Gasteiger charge is -2.34. The topological polar surface area (TPSA) is 21.7 Å². The van der Waals surface area contributed by atoms with Crippen molar-refractivity contribution in [1.29, 1.82) is 0 Å². The van der Waals surface area contributed by atoms with Gasteiger partial charge in [-0.2, -0.15) is 0 Å². The zero-order chi connectivity index (χ0) is 11.1.